The second kappa shape index (κ2) is 22.9. The van der Waals surface area contributed by atoms with Gasteiger partial charge < -0.3 is 11.1 Å². The summed E-state index contributed by atoms with van der Waals surface area (Å²) in [4.78, 5) is 0. The Morgan fingerprint density at radius 1 is 0.458 bits per heavy atom. The van der Waals surface area contributed by atoms with Gasteiger partial charge in [0, 0.05) is 0 Å². The van der Waals surface area contributed by atoms with Crippen LogP contribution in [-0.2, 0) is 0 Å². The quantitative estimate of drug-likeness (QED) is 0.232. The van der Waals surface area contributed by atoms with Gasteiger partial charge >= 0.3 is 0 Å². The van der Waals surface area contributed by atoms with Gasteiger partial charge in [0.25, 0.3) is 0 Å². The summed E-state index contributed by atoms with van der Waals surface area (Å²) in [5, 5.41) is 3.46. The van der Waals surface area contributed by atoms with Crippen molar-refractivity contribution in [1.82, 2.24) is 5.32 Å². The number of rotatable bonds is 21. The lowest BCUT2D eigenvalue weighted by molar-refractivity contribution is 0.523. The summed E-state index contributed by atoms with van der Waals surface area (Å²) in [6, 6.07) is 0. The molecule has 0 heterocycles. The number of hydrogen-bond acceptors (Lipinski definition) is 2. The van der Waals surface area contributed by atoms with Crippen molar-refractivity contribution in [1.29, 1.82) is 0 Å². The molecular formula is C22H48N2. The highest BCUT2D eigenvalue weighted by Crippen LogP contribution is 2.13. The number of nitrogens with one attached hydrogen (secondary N) is 1. The summed E-state index contributed by atoms with van der Waals surface area (Å²) in [5.74, 6) is 0. The Labute approximate surface area is 153 Å². The van der Waals surface area contributed by atoms with E-state index in [9.17, 15) is 0 Å². The second-order valence-electron chi connectivity index (χ2n) is 7.55. The van der Waals surface area contributed by atoms with Crippen molar-refractivity contribution < 1.29 is 0 Å². The molecule has 0 saturated carbocycles. The highest BCUT2D eigenvalue weighted by atomic mass is 14.8. The van der Waals surface area contributed by atoms with Crippen LogP contribution in [0.5, 0.6) is 0 Å². The first-order valence-electron chi connectivity index (χ1n) is 11.3. The van der Waals surface area contributed by atoms with E-state index in [0.29, 0.717) is 0 Å². The summed E-state index contributed by atoms with van der Waals surface area (Å²) in [5.41, 5.74) is 5.47. The van der Waals surface area contributed by atoms with Crippen LogP contribution in [0, 0.1) is 0 Å². The van der Waals surface area contributed by atoms with Gasteiger partial charge in [0.1, 0.15) is 0 Å². The van der Waals surface area contributed by atoms with Gasteiger partial charge in [-0.15, -0.1) is 0 Å². The van der Waals surface area contributed by atoms with Crippen LogP contribution >= 0.6 is 0 Å². The zero-order valence-electron chi connectivity index (χ0n) is 16.9. The van der Waals surface area contributed by atoms with E-state index in [0.717, 1.165) is 19.5 Å². The third kappa shape index (κ3) is 21.9. The highest BCUT2D eigenvalue weighted by molar-refractivity contribution is 4.52. The SMILES string of the molecule is CCCCCCCCCCCCCCCCCCCNCCCN. The maximum absolute atomic E-state index is 5.47. The zero-order chi connectivity index (χ0) is 17.6. The molecule has 0 spiro atoms. The molecule has 2 heteroatoms. The fourth-order valence-electron chi connectivity index (χ4n) is 3.33. The minimum absolute atomic E-state index is 0.812. The van der Waals surface area contributed by atoms with Crippen molar-refractivity contribution in [2.75, 3.05) is 19.6 Å². The van der Waals surface area contributed by atoms with Crippen LogP contribution in [0.15, 0.2) is 0 Å². The molecular weight excluding hydrogens is 292 g/mol. The van der Waals surface area contributed by atoms with Crippen molar-refractivity contribution in [3.8, 4) is 0 Å². The van der Waals surface area contributed by atoms with E-state index < -0.39 is 0 Å². The fourth-order valence-corrected chi connectivity index (χ4v) is 3.33. The van der Waals surface area contributed by atoms with Crippen LogP contribution in [0.2, 0.25) is 0 Å². The largest absolute Gasteiger partial charge is 0.330 e. The van der Waals surface area contributed by atoms with Gasteiger partial charge in [0.05, 0.1) is 0 Å². The van der Waals surface area contributed by atoms with Gasteiger partial charge in [-0.05, 0) is 32.5 Å². The van der Waals surface area contributed by atoms with E-state index in [2.05, 4.69) is 12.2 Å². The predicted molar refractivity (Wildman–Crippen MR) is 111 cm³/mol. The van der Waals surface area contributed by atoms with E-state index in [4.69, 9.17) is 5.73 Å². The molecule has 0 aromatic rings. The van der Waals surface area contributed by atoms with Gasteiger partial charge in [-0.3, -0.25) is 0 Å². The lowest BCUT2D eigenvalue weighted by Crippen LogP contribution is -2.19. The topological polar surface area (TPSA) is 38.0 Å². The molecule has 0 aromatic carbocycles. The molecule has 2 nitrogen and oxygen atoms in total. The maximum Gasteiger partial charge on any atom is -0.00369 e. The van der Waals surface area contributed by atoms with Crippen LogP contribution in [-0.4, -0.2) is 19.6 Å². The molecule has 146 valence electrons. The fraction of sp³-hybridized carbons (Fsp3) is 1.00. The first-order chi connectivity index (χ1) is 11.9. The average molecular weight is 341 g/mol. The van der Waals surface area contributed by atoms with E-state index in [1.807, 2.05) is 0 Å². The molecule has 0 aliphatic rings. The normalized spacial score (nSPS) is 11.2. The van der Waals surface area contributed by atoms with Gasteiger partial charge in [-0.2, -0.15) is 0 Å². The van der Waals surface area contributed by atoms with Crippen LogP contribution in [0.1, 0.15) is 122 Å². The second-order valence-corrected chi connectivity index (χ2v) is 7.55. The van der Waals surface area contributed by atoms with Crippen molar-refractivity contribution in [3.63, 3.8) is 0 Å². The van der Waals surface area contributed by atoms with Crippen molar-refractivity contribution >= 4 is 0 Å². The molecule has 0 fully saturated rings. The molecule has 0 rings (SSSR count). The van der Waals surface area contributed by atoms with Crippen molar-refractivity contribution in [3.05, 3.63) is 0 Å². The average Bonchev–Trinajstić information content (AvgIpc) is 2.60. The summed E-state index contributed by atoms with van der Waals surface area (Å²) in [6.45, 7) is 5.38. The molecule has 0 aliphatic heterocycles. The minimum atomic E-state index is 0.812. The van der Waals surface area contributed by atoms with Crippen LogP contribution in [0.25, 0.3) is 0 Å². The third-order valence-electron chi connectivity index (χ3n) is 5.01. The van der Waals surface area contributed by atoms with Crippen LogP contribution in [0.3, 0.4) is 0 Å². The Hall–Kier alpha value is -0.0800. The molecule has 24 heavy (non-hydrogen) atoms. The van der Waals surface area contributed by atoms with E-state index in [1.54, 1.807) is 0 Å². The van der Waals surface area contributed by atoms with E-state index >= 15 is 0 Å². The van der Waals surface area contributed by atoms with Crippen molar-refractivity contribution in [2.24, 2.45) is 5.73 Å². The Balaban J connectivity index is 2.93. The molecule has 0 aliphatic carbocycles. The molecule has 3 N–H and O–H groups in total. The van der Waals surface area contributed by atoms with Gasteiger partial charge in [0.15, 0.2) is 0 Å². The number of unbranched alkanes of at least 4 members (excludes halogenated alkanes) is 16. The first-order valence-corrected chi connectivity index (χ1v) is 11.3. The Bertz CT molecular complexity index is 184. The van der Waals surface area contributed by atoms with E-state index in [1.165, 1.54) is 116 Å². The summed E-state index contributed by atoms with van der Waals surface area (Å²) >= 11 is 0. The lowest BCUT2D eigenvalue weighted by atomic mass is 10.0. The summed E-state index contributed by atoms with van der Waals surface area (Å²) in [6.07, 6.45) is 25.7. The van der Waals surface area contributed by atoms with Crippen molar-refractivity contribution in [2.45, 2.75) is 122 Å². The molecule has 0 unspecified atom stereocenters. The third-order valence-corrected chi connectivity index (χ3v) is 5.01. The van der Waals surface area contributed by atoms with Gasteiger partial charge in [-0.1, -0.05) is 110 Å². The summed E-state index contributed by atoms with van der Waals surface area (Å²) < 4.78 is 0. The predicted octanol–water partition coefficient (Wildman–Crippen LogP) is 6.58. The number of hydrogen-bond donors (Lipinski definition) is 2. The minimum Gasteiger partial charge on any atom is -0.330 e. The van der Waals surface area contributed by atoms with Crippen LogP contribution < -0.4 is 11.1 Å². The Morgan fingerprint density at radius 3 is 1.17 bits per heavy atom. The number of nitrogens with two attached hydrogens (primary N) is 1. The smallest absolute Gasteiger partial charge is 0.00369 e. The molecule has 0 atom stereocenters. The van der Waals surface area contributed by atoms with E-state index in [-0.39, 0.29) is 0 Å². The monoisotopic (exact) mass is 340 g/mol. The lowest BCUT2D eigenvalue weighted by Gasteiger charge is -2.04. The highest BCUT2D eigenvalue weighted by Gasteiger charge is 1.95. The maximum atomic E-state index is 5.47. The molecule has 0 radical (unpaired) electrons. The van der Waals surface area contributed by atoms with Gasteiger partial charge in [0.2, 0.25) is 0 Å². The van der Waals surface area contributed by atoms with Crippen LogP contribution in [0.4, 0.5) is 0 Å². The Kier molecular flexibility index (Phi) is 22.8. The molecule has 0 bridgehead atoms. The first kappa shape index (κ1) is 23.9. The Morgan fingerprint density at radius 2 is 0.792 bits per heavy atom. The van der Waals surface area contributed by atoms with Gasteiger partial charge in [-0.25, -0.2) is 0 Å². The molecule has 0 saturated heterocycles. The summed E-state index contributed by atoms with van der Waals surface area (Å²) in [7, 11) is 0. The molecule has 0 aromatic heterocycles. The zero-order valence-corrected chi connectivity index (χ0v) is 16.9. The molecule has 0 amide bonds. The standard InChI is InChI=1S/C22H48N2/c1-2-3-4-5-6-7-8-9-10-11-12-13-14-15-16-17-18-21-24-22-19-20-23/h24H,2-23H2,1H3.